The van der Waals surface area contributed by atoms with Gasteiger partial charge in [0.1, 0.15) is 70.2 Å². The maximum absolute atomic E-state index is 13.1. The summed E-state index contributed by atoms with van der Waals surface area (Å²) in [4.78, 5) is 50.0. The predicted octanol–water partition coefficient (Wildman–Crippen LogP) is 8.53. The lowest BCUT2D eigenvalue weighted by atomic mass is 9.96. The lowest BCUT2D eigenvalue weighted by molar-refractivity contribution is -0.148. The molecular formula is C43H48ClN7O6S2. The third-order valence-corrected chi connectivity index (χ3v) is 11.6. The van der Waals surface area contributed by atoms with Crippen LogP contribution in [0.2, 0.25) is 5.02 Å². The first-order chi connectivity index (χ1) is 28.2. The number of halogens is 1. The molecule has 2 N–H and O–H groups in total. The fourth-order valence-corrected chi connectivity index (χ4v) is 8.13. The number of alkyl carbamates (subject to hydrolysis) is 1. The number of hydrogen-bond donors (Lipinski definition) is 2. The summed E-state index contributed by atoms with van der Waals surface area (Å²) in [7, 11) is 0. The highest BCUT2D eigenvalue weighted by atomic mass is 35.5. The number of nitrogens with one attached hydrogen (secondary N) is 2. The van der Waals surface area contributed by atoms with Gasteiger partial charge in [0.05, 0.1) is 11.3 Å². The Kier molecular flexibility index (Phi) is 15.6. The van der Waals surface area contributed by atoms with Crippen molar-refractivity contribution in [3.63, 3.8) is 0 Å². The fourth-order valence-electron chi connectivity index (χ4n) is 6.20. The van der Waals surface area contributed by atoms with Crippen LogP contribution in [-0.2, 0) is 24.8 Å². The number of benzene rings is 2. The number of anilines is 1. The Hall–Kier alpha value is -5.35. The maximum Gasteiger partial charge on any atom is 0.408 e. The van der Waals surface area contributed by atoms with Crippen molar-refractivity contribution in [3.05, 3.63) is 75.8 Å². The molecule has 2 aromatic carbocycles. The van der Waals surface area contributed by atoms with Crippen LogP contribution in [0.4, 0.5) is 10.6 Å². The Bertz CT molecular complexity index is 2190. The van der Waals surface area contributed by atoms with Crippen molar-refractivity contribution in [2.24, 2.45) is 5.92 Å². The second-order valence-electron chi connectivity index (χ2n) is 15.0. The van der Waals surface area contributed by atoms with Crippen molar-refractivity contribution >= 4 is 58.5 Å². The summed E-state index contributed by atoms with van der Waals surface area (Å²) in [6.07, 6.45) is 1.85. The van der Waals surface area contributed by atoms with Crippen molar-refractivity contribution in [3.8, 4) is 39.6 Å². The van der Waals surface area contributed by atoms with Gasteiger partial charge in [-0.3, -0.25) is 4.79 Å². The van der Waals surface area contributed by atoms with E-state index in [4.69, 9.17) is 35.8 Å². The number of thiazole rings is 1. The highest BCUT2D eigenvalue weighted by Gasteiger charge is 2.31. The summed E-state index contributed by atoms with van der Waals surface area (Å²) in [6.45, 7) is 11.9. The monoisotopic (exact) mass is 857 g/mol. The minimum Gasteiger partial charge on any atom is -0.490 e. The van der Waals surface area contributed by atoms with E-state index in [1.54, 1.807) is 45.0 Å². The number of nitrogens with zero attached hydrogens (tertiary/aromatic N) is 5. The van der Waals surface area contributed by atoms with E-state index in [9.17, 15) is 24.9 Å². The minimum atomic E-state index is -0.986. The lowest BCUT2D eigenvalue weighted by Gasteiger charge is -2.27. The van der Waals surface area contributed by atoms with E-state index in [1.807, 2.05) is 43.5 Å². The minimum absolute atomic E-state index is 0.0276. The largest absolute Gasteiger partial charge is 0.490 e. The van der Waals surface area contributed by atoms with Gasteiger partial charge >= 0.3 is 12.1 Å². The molecule has 0 aliphatic carbocycles. The molecule has 1 fully saturated rings. The molecule has 59 heavy (non-hydrogen) atoms. The third kappa shape index (κ3) is 12.1. The van der Waals surface area contributed by atoms with Crippen LogP contribution in [0.1, 0.15) is 77.6 Å². The Balaban J connectivity index is 1.23. The number of nitriles is 2. The molecule has 5 rings (SSSR count). The molecule has 0 unspecified atom stereocenters. The van der Waals surface area contributed by atoms with Crippen LogP contribution in [0, 0.1) is 28.6 Å². The number of hydrogen-bond acceptors (Lipinski definition) is 13. The SMILES string of the molecule is CC[C@H](C)[C@H](NC(=O)OC(C)(C)C)C(=O)N[C@@H](C)C(=O)OCCOc1ccc(-c2c(C#N)c(SCc3csc(-c4ccc(Cl)cc4)n3)nc(N3CCCC3)c2C#N)cc1. The molecule has 2 aromatic heterocycles. The topological polar surface area (TPSA) is 180 Å². The number of carbonyl (C=O) groups is 3. The van der Waals surface area contributed by atoms with Crippen LogP contribution >= 0.6 is 34.7 Å². The predicted molar refractivity (Wildman–Crippen MR) is 229 cm³/mol. The Morgan fingerprint density at radius 1 is 0.949 bits per heavy atom. The van der Waals surface area contributed by atoms with E-state index < -0.39 is 35.7 Å². The summed E-state index contributed by atoms with van der Waals surface area (Å²) in [5.41, 5.74) is 2.88. The smallest absolute Gasteiger partial charge is 0.408 e. The first-order valence-electron chi connectivity index (χ1n) is 19.4. The van der Waals surface area contributed by atoms with Gasteiger partial charge in [0.25, 0.3) is 0 Å². The van der Waals surface area contributed by atoms with E-state index in [0.717, 1.165) is 42.2 Å². The summed E-state index contributed by atoms with van der Waals surface area (Å²) in [5.74, 6) is 0.103. The lowest BCUT2D eigenvalue weighted by Crippen LogP contribution is -2.54. The maximum atomic E-state index is 13.1. The van der Waals surface area contributed by atoms with Crippen molar-refractivity contribution in [1.29, 1.82) is 10.5 Å². The summed E-state index contributed by atoms with van der Waals surface area (Å²) >= 11 is 9.01. The molecule has 13 nitrogen and oxygen atoms in total. The Morgan fingerprint density at radius 2 is 1.61 bits per heavy atom. The van der Waals surface area contributed by atoms with Crippen molar-refractivity contribution < 1.29 is 28.6 Å². The molecule has 310 valence electrons. The number of aromatic nitrogens is 2. The van der Waals surface area contributed by atoms with E-state index in [1.165, 1.54) is 30.0 Å². The van der Waals surface area contributed by atoms with E-state index in [0.29, 0.717) is 56.0 Å². The van der Waals surface area contributed by atoms with Crippen LogP contribution in [0.15, 0.2) is 58.9 Å². The highest BCUT2D eigenvalue weighted by Crippen LogP contribution is 2.40. The van der Waals surface area contributed by atoms with Gasteiger partial charge in [-0.25, -0.2) is 19.6 Å². The van der Waals surface area contributed by atoms with Gasteiger partial charge < -0.3 is 29.7 Å². The van der Waals surface area contributed by atoms with Crippen LogP contribution in [0.3, 0.4) is 0 Å². The number of esters is 1. The molecule has 1 aliphatic rings. The molecule has 3 heterocycles. The van der Waals surface area contributed by atoms with Gasteiger partial charge in [0.2, 0.25) is 5.91 Å². The van der Waals surface area contributed by atoms with Gasteiger partial charge in [-0.15, -0.1) is 11.3 Å². The number of thioether (sulfide) groups is 1. The normalized spacial score (nSPS) is 14.0. The molecule has 0 bridgehead atoms. The van der Waals surface area contributed by atoms with Gasteiger partial charge in [0.15, 0.2) is 0 Å². The molecule has 0 radical (unpaired) electrons. The van der Waals surface area contributed by atoms with E-state index >= 15 is 0 Å². The average molecular weight is 858 g/mol. The second kappa shape index (κ2) is 20.6. The second-order valence-corrected chi connectivity index (χ2v) is 17.3. The van der Waals surface area contributed by atoms with Crippen LogP contribution in [-0.4, -0.2) is 71.9 Å². The van der Waals surface area contributed by atoms with Crippen LogP contribution in [0.5, 0.6) is 5.75 Å². The molecule has 4 aromatic rings. The molecule has 0 spiro atoms. The Morgan fingerprint density at radius 3 is 2.24 bits per heavy atom. The standard InChI is InChI=1S/C43H48ClN7O6S2/c1-7-26(2)36(49-42(54)57-43(4,5)6)38(52)47-27(3)41(53)56-21-20-55-32-16-12-28(13-17-32)35-33(22-45)37(51-18-8-9-19-51)50-40(34(35)23-46)59-25-31-24-58-39(48-31)29-10-14-30(44)15-11-29/h10-17,24,26-27,36H,7-9,18-21,25H2,1-6H3,(H,47,52)(H,49,54)/t26-,27-,36-/m0/s1. The van der Waals surface area contributed by atoms with Crippen molar-refractivity contribution in [1.82, 2.24) is 20.6 Å². The number of carbonyl (C=O) groups excluding carboxylic acids is 3. The summed E-state index contributed by atoms with van der Waals surface area (Å²) in [6, 6.07) is 17.3. The number of rotatable bonds is 16. The quantitative estimate of drug-likeness (QED) is 0.0624. The van der Waals surface area contributed by atoms with Gasteiger partial charge in [0, 0.05) is 40.4 Å². The van der Waals surface area contributed by atoms with Crippen molar-refractivity contribution in [2.45, 2.75) is 89.3 Å². The molecular weight excluding hydrogens is 810 g/mol. The zero-order chi connectivity index (χ0) is 42.7. The fraction of sp³-hybridized carbons (Fsp3) is 0.419. The first kappa shape index (κ1) is 44.7. The molecule has 16 heteroatoms. The van der Waals surface area contributed by atoms with E-state index in [-0.39, 0.29) is 19.1 Å². The van der Waals surface area contributed by atoms with Gasteiger partial charge in [-0.05, 0) is 76.3 Å². The molecule has 1 aliphatic heterocycles. The first-order valence-corrected chi connectivity index (χ1v) is 21.6. The zero-order valence-electron chi connectivity index (χ0n) is 34.0. The molecule has 2 amide bonds. The van der Waals surface area contributed by atoms with Gasteiger partial charge in [-0.2, -0.15) is 10.5 Å². The Labute approximate surface area is 358 Å². The number of amides is 2. The highest BCUT2D eigenvalue weighted by molar-refractivity contribution is 7.98. The summed E-state index contributed by atoms with van der Waals surface area (Å²) in [5, 5.41) is 30.3. The third-order valence-electron chi connectivity index (χ3n) is 9.39. The van der Waals surface area contributed by atoms with Gasteiger partial charge in [-0.1, -0.05) is 67.9 Å². The van der Waals surface area contributed by atoms with E-state index in [2.05, 4.69) is 27.7 Å². The number of ether oxygens (including phenoxy) is 3. The summed E-state index contributed by atoms with van der Waals surface area (Å²) < 4.78 is 16.5. The molecule has 1 saturated heterocycles. The van der Waals surface area contributed by atoms with Crippen molar-refractivity contribution in [2.75, 3.05) is 31.2 Å². The van der Waals surface area contributed by atoms with Crippen LogP contribution < -0.4 is 20.3 Å². The molecule has 0 saturated carbocycles. The number of pyridine rings is 1. The average Bonchev–Trinajstić information content (AvgIpc) is 3.93. The zero-order valence-corrected chi connectivity index (χ0v) is 36.4. The van der Waals surface area contributed by atoms with Crippen LogP contribution in [0.25, 0.3) is 21.7 Å². The molecule has 3 atom stereocenters.